The predicted octanol–water partition coefficient (Wildman–Crippen LogP) is 5.98. The van der Waals surface area contributed by atoms with E-state index in [1.807, 2.05) is 44.2 Å². The van der Waals surface area contributed by atoms with Gasteiger partial charge >= 0.3 is 6.09 Å². The second-order valence-electron chi connectivity index (χ2n) is 11.4. The molecule has 0 saturated carbocycles. The number of alkyl carbamates (subject to hydrolysis) is 1. The second-order valence-corrected chi connectivity index (χ2v) is 11.4. The van der Waals surface area contributed by atoms with Crippen LogP contribution >= 0.6 is 0 Å². The van der Waals surface area contributed by atoms with E-state index in [2.05, 4.69) is 23.5 Å². The zero-order valence-electron chi connectivity index (χ0n) is 24.8. The van der Waals surface area contributed by atoms with Crippen molar-refractivity contribution in [3.63, 3.8) is 0 Å². The average molecular weight is 548 g/mol. The number of amides is 3. The first-order valence-electron chi connectivity index (χ1n) is 14.1. The highest BCUT2D eigenvalue weighted by Gasteiger charge is 2.36. The number of benzene rings is 2. The van der Waals surface area contributed by atoms with Gasteiger partial charge in [0.1, 0.15) is 17.7 Å². The van der Waals surface area contributed by atoms with Crippen LogP contribution in [-0.2, 0) is 20.9 Å². The Morgan fingerprint density at radius 1 is 1.00 bits per heavy atom. The fourth-order valence-corrected chi connectivity index (χ4v) is 4.36. The average Bonchev–Trinajstić information content (AvgIpc) is 2.90. The number of nitrogens with one attached hydrogen (secondary N) is 2. The highest BCUT2D eigenvalue weighted by atomic mass is 16.6. The third kappa shape index (κ3) is 10.8. The van der Waals surface area contributed by atoms with E-state index in [1.54, 1.807) is 49.9 Å². The largest absolute Gasteiger partial charge is 0.444 e. The number of carbonyl (C=O) groups excluding carboxylic acids is 3. The van der Waals surface area contributed by atoms with Crippen LogP contribution in [-0.4, -0.2) is 41.0 Å². The van der Waals surface area contributed by atoms with Crippen molar-refractivity contribution in [1.29, 1.82) is 0 Å². The Morgan fingerprint density at radius 2 is 1.65 bits per heavy atom. The summed E-state index contributed by atoms with van der Waals surface area (Å²) in [5, 5.41) is 5.80. The minimum absolute atomic E-state index is 0.113. The molecule has 2 atom stereocenters. The highest BCUT2D eigenvalue weighted by molar-refractivity contribution is 5.92. The monoisotopic (exact) mass is 547 g/mol. The molecule has 0 bridgehead atoms. The van der Waals surface area contributed by atoms with Gasteiger partial charge in [-0.15, -0.1) is 6.42 Å². The van der Waals surface area contributed by atoms with E-state index in [0.717, 1.165) is 18.4 Å². The fourth-order valence-electron chi connectivity index (χ4n) is 4.36. The Labute approximate surface area is 240 Å². The molecule has 0 aliphatic heterocycles. The van der Waals surface area contributed by atoms with Crippen LogP contribution in [0.5, 0.6) is 0 Å². The van der Waals surface area contributed by atoms with Crippen LogP contribution in [0.4, 0.5) is 4.79 Å². The maximum absolute atomic E-state index is 14.2. The van der Waals surface area contributed by atoms with Crippen LogP contribution in [0.1, 0.15) is 90.0 Å². The minimum atomic E-state index is -0.907. The van der Waals surface area contributed by atoms with Gasteiger partial charge in [-0.25, -0.2) is 4.79 Å². The number of carbonyl (C=O) groups is 3. The molecule has 0 saturated heterocycles. The molecule has 40 heavy (non-hydrogen) atoms. The molecule has 2 rings (SSSR count). The van der Waals surface area contributed by atoms with Gasteiger partial charge in [0.15, 0.2) is 0 Å². The van der Waals surface area contributed by atoms with Gasteiger partial charge in [0, 0.05) is 18.7 Å². The number of ether oxygens (including phenoxy) is 1. The van der Waals surface area contributed by atoms with E-state index in [0.29, 0.717) is 37.1 Å². The van der Waals surface area contributed by atoms with Crippen molar-refractivity contribution in [2.24, 2.45) is 5.92 Å². The van der Waals surface area contributed by atoms with Gasteiger partial charge < -0.3 is 20.3 Å². The van der Waals surface area contributed by atoms with Gasteiger partial charge in [0.2, 0.25) is 11.8 Å². The molecule has 0 heterocycles. The third-order valence-electron chi connectivity index (χ3n) is 6.24. The number of rotatable bonds is 13. The molecule has 0 fully saturated rings. The summed E-state index contributed by atoms with van der Waals surface area (Å²) < 4.78 is 5.47. The van der Waals surface area contributed by atoms with Crippen molar-refractivity contribution in [2.45, 2.75) is 91.5 Å². The molecule has 2 aromatic carbocycles. The number of nitrogens with zero attached hydrogens (tertiary/aromatic N) is 1. The molecule has 7 nitrogen and oxygen atoms in total. The van der Waals surface area contributed by atoms with Gasteiger partial charge in [-0.3, -0.25) is 9.59 Å². The van der Waals surface area contributed by atoms with Crippen LogP contribution in [0.15, 0.2) is 54.6 Å². The lowest BCUT2D eigenvalue weighted by atomic mass is 9.98. The number of hydrogen-bond acceptors (Lipinski definition) is 4. The Morgan fingerprint density at radius 3 is 2.20 bits per heavy atom. The molecular formula is C33H45N3O4. The van der Waals surface area contributed by atoms with Gasteiger partial charge in [-0.2, -0.15) is 0 Å². The number of hydrogen-bond donors (Lipinski definition) is 2. The highest BCUT2D eigenvalue weighted by Crippen LogP contribution is 2.25. The summed E-state index contributed by atoms with van der Waals surface area (Å²) in [6, 6.07) is 15.0. The maximum Gasteiger partial charge on any atom is 0.408 e. The lowest BCUT2D eigenvalue weighted by Gasteiger charge is -2.35. The van der Waals surface area contributed by atoms with Gasteiger partial charge in [-0.1, -0.05) is 82.0 Å². The molecule has 2 aromatic rings. The Hall–Kier alpha value is -3.79. The summed E-state index contributed by atoms with van der Waals surface area (Å²) in [4.78, 5) is 42.4. The second kappa shape index (κ2) is 15.7. The Bertz CT molecular complexity index is 1130. The van der Waals surface area contributed by atoms with E-state index < -0.39 is 23.8 Å². The minimum Gasteiger partial charge on any atom is -0.444 e. The SMILES string of the molecule is C#Cc1ccc(C(C(=O)NCc2ccccc2)N(CCCCC)C(=O)C(CC(C)C)NC(=O)OC(C)(C)C)cc1. The van der Waals surface area contributed by atoms with Crippen molar-refractivity contribution in [2.75, 3.05) is 6.54 Å². The number of unbranched alkanes of at least 4 members (excludes halogenated alkanes) is 2. The lowest BCUT2D eigenvalue weighted by Crippen LogP contribution is -2.53. The molecule has 7 heteroatoms. The molecule has 0 aliphatic rings. The van der Waals surface area contributed by atoms with Gasteiger partial charge in [0.05, 0.1) is 0 Å². The predicted molar refractivity (Wildman–Crippen MR) is 159 cm³/mol. The van der Waals surface area contributed by atoms with Crippen LogP contribution in [0, 0.1) is 18.3 Å². The summed E-state index contributed by atoms with van der Waals surface area (Å²) in [6.45, 7) is 12.1. The van der Waals surface area contributed by atoms with Crippen LogP contribution in [0.3, 0.4) is 0 Å². The van der Waals surface area contributed by atoms with Gasteiger partial charge in [0.25, 0.3) is 0 Å². The summed E-state index contributed by atoms with van der Waals surface area (Å²) in [6.07, 6.45) is 7.87. The van der Waals surface area contributed by atoms with E-state index in [4.69, 9.17) is 11.2 Å². The first kappa shape index (κ1) is 32.4. The van der Waals surface area contributed by atoms with Crippen molar-refractivity contribution in [1.82, 2.24) is 15.5 Å². The summed E-state index contributed by atoms with van der Waals surface area (Å²) in [5.74, 6) is 2.09. The van der Waals surface area contributed by atoms with E-state index >= 15 is 0 Å². The van der Waals surface area contributed by atoms with Crippen molar-refractivity contribution < 1.29 is 19.1 Å². The van der Waals surface area contributed by atoms with Crippen molar-refractivity contribution >= 4 is 17.9 Å². The molecule has 2 unspecified atom stereocenters. The molecular weight excluding hydrogens is 502 g/mol. The zero-order valence-corrected chi connectivity index (χ0v) is 24.8. The van der Waals surface area contributed by atoms with Crippen molar-refractivity contribution in [3.8, 4) is 12.3 Å². The molecule has 2 N–H and O–H groups in total. The maximum atomic E-state index is 14.2. The first-order valence-corrected chi connectivity index (χ1v) is 14.1. The van der Waals surface area contributed by atoms with Crippen LogP contribution in [0.25, 0.3) is 0 Å². The Kier molecular flexibility index (Phi) is 12.7. The summed E-state index contributed by atoms with van der Waals surface area (Å²) >= 11 is 0. The molecule has 0 radical (unpaired) electrons. The van der Waals surface area contributed by atoms with Crippen LogP contribution in [0.2, 0.25) is 0 Å². The van der Waals surface area contributed by atoms with Crippen LogP contribution < -0.4 is 10.6 Å². The van der Waals surface area contributed by atoms with E-state index in [1.165, 1.54) is 0 Å². The molecule has 0 aromatic heterocycles. The summed E-state index contributed by atoms with van der Waals surface area (Å²) in [5.41, 5.74) is 1.57. The topological polar surface area (TPSA) is 87.7 Å². The molecule has 0 spiro atoms. The van der Waals surface area contributed by atoms with E-state index in [9.17, 15) is 14.4 Å². The Balaban J connectivity index is 2.49. The van der Waals surface area contributed by atoms with E-state index in [-0.39, 0.29) is 17.7 Å². The quantitative estimate of drug-likeness (QED) is 0.238. The van der Waals surface area contributed by atoms with Crippen molar-refractivity contribution in [3.05, 3.63) is 71.3 Å². The smallest absolute Gasteiger partial charge is 0.408 e. The summed E-state index contributed by atoms with van der Waals surface area (Å²) in [7, 11) is 0. The lowest BCUT2D eigenvalue weighted by molar-refractivity contribution is -0.143. The fraction of sp³-hybridized carbons (Fsp3) is 0.485. The van der Waals surface area contributed by atoms with Gasteiger partial charge in [-0.05, 0) is 62.8 Å². The standard InChI is InChI=1S/C33H45N3O4/c1-8-10-14-21-36(31(38)28(22-24(3)4)35-32(39)40-33(5,6)7)29(27-19-17-25(9-2)18-20-27)30(37)34-23-26-15-12-11-13-16-26/h2,11-13,15-20,24,28-29H,8,10,14,21-23H2,1,3-7H3,(H,34,37)(H,35,39). The normalized spacial score (nSPS) is 12.7. The molecule has 216 valence electrons. The number of terminal acetylenes is 1. The third-order valence-corrected chi connectivity index (χ3v) is 6.24. The molecule has 0 aliphatic carbocycles. The zero-order chi connectivity index (χ0) is 29.7. The molecule has 3 amide bonds. The first-order chi connectivity index (χ1) is 18.9.